The van der Waals surface area contributed by atoms with Gasteiger partial charge in [0.2, 0.25) is 0 Å². The van der Waals surface area contributed by atoms with Crippen LogP contribution in [-0.4, -0.2) is 57.7 Å². The second kappa shape index (κ2) is 11.6. The molecule has 0 radical (unpaired) electrons. The molecule has 38 heavy (non-hydrogen) atoms. The summed E-state index contributed by atoms with van der Waals surface area (Å²) in [5, 5.41) is 5.65. The van der Waals surface area contributed by atoms with Gasteiger partial charge < -0.3 is 14.4 Å². The molecule has 5 rings (SSSR count). The van der Waals surface area contributed by atoms with Gasteiger partial charge in [0, 0.05) is 30.4 Å². The van der Waals surface area contributed by atoms with Gasteiger partial charge in [0.15, 0.2) is 5.17 Å². The van der Waals surface area contributed by atoms with Gasteiger partial charge in [0.25, 0.3) is 5.91 Å². The Balaban J connectivity index is 1.42. The average Bonchev–Trinajstić information content (AvgIpc) is 3.48. The van der Waals surface area contributed by atoms with E-state index in [1.807, 2.05) is 85.4 Å². The van der Waals surface area contributed by atoms with Crippen molar-refractivity contribution in [1.82, 2.24) is 14.7 Å². The minimum atomic E-state index is -0.218. The topological polar surface area (TPSA) is 68.9 Å². The highest BCUT2D eigenvalue weighted by Gasteiger charge is 2.31. The van der Waals surface area contributed by atoms with Crippen LogP contribution in [0.5, 0.6) is 5.75 Å². The molecule has 1 amide bonds. The van der Waals surface area contributed by atoms with Crippen LogP contribution in [-0.2, 0) is 9.53 Å². The van der Waals surface area contributed by atoms with E-state index < -0.39 is 0 Å². The lowest BCUT2D eigenvalue weighted by molar-refractivity contribution is -0.113. The Hall–Kier alpha value is -3.36. The molecule has 0 saturated carbocycles. The van der Waals surface area contributed by atoms with Crippen LogP contribution < -0.4 is 4.74 Å². The summed E-state index contributed by atoms with van der Waals surface area (Å²) in [6.45, 7) is 10.6. The molecule has 0 aliphatic carbocycles. The maximum absolute atomic E-state index is 12.9. The highest BCUT2D eigenvalue weighted by molar-refractivity contribution is 8.18. The lowest BCUT2D eigenvalue weighted by atomic mass is 10.1. The SMILES string of the molecule is CC(C)CCOc1ccc(-c2nn(-c3ccccc3)cc2C=C2SC(N3CC(C)OC(C)C3)=NC2=O)cc1. The number of amidine groups is 1. The van der Waals surface area contributed by atoms with Crippen molar-refractivity contribution in [2.75, 3.05) is 19.7 Å². The van der Waals surface area contributed by atoms with Crippen molar-refractivity contribution in [2.24, 2.45) is 10.9 Å². The summed E-state index contributed by atoms with van der Waals surface area (Å²) in [6, 6.07) is 18.0. The van der Waals surface area contributed by atoms with Crippen molar-refractivity contribution in [3.05, 3.63) is 71.3 Å². The summed E-state index contributed by atoms with van der Waals surface area (Å²) in [5.74, 6) is 1.22. The Bertz CT molecular complexity index is 1320. The molecule has 2 aliphatic heterocycles. The van der Waals surface area contributed by atoms with Gasteiger partial charge in [0.1, 0.15) is 5.75 Å². The number of thioether (sulfide) groups is 1. The quantitative estimate of drug-likeness (QED) is 0.347. The molecule has 3 aromatic rings. The molecule has 2 aromatic carbocycles. The van der Waals surface area contributed by atoms with Crippen LogP contribution in [0, 0.1) is 5.92 Å². The summed E-state index contributed by atoms with van der Waals surface area (Å²) >= 11 is 1.42. The lowest BCUT2D eigenvalue weighted by Gasteiger charge is -2.35. The van der Waals surface area contributed by atoms with Gasteiger partial charge in [-0.2, -0.15) is 10.1 Å². The molecule has 1 aromatic heterocycles. The normalized spacial score (nSPS) is 20.9. The Kier molecular flexibility index (Phi) is 8.00. The largest absolute Gasteiger partial charge is 0.494 e. The zero-order valence-corrected chi connectivity index (χ0v) is 23.1. The predicted octanol–water partition coefficient (Wildman–Crippen LogP) is 6.04. The number of aliphatic imine (C=N–C) groups is 1. The first-order chi connectivity index (χ1) is 18.4. The van der Waals surface area contributed by atoms with Crippen LogP contribution in [0.3, 0.4) is 0 Å². The minimum absolute atomic E-state index is 0.0956. The number of ether oxygens (including phenoxy) is 2. The minimum Gasteiger partial charge on any atom is -0.494 e. The van der Waals surface area contributed by atoms with E-state index in [0.717, 1.165) is 52.9 Å². The van der Waals surface area contributed by atoms with Gasteiger partial charge in [-0.3, -0.25) is 4.79 Å². The molecule has 0 bridgehead atoms. The monoisotopic (exact) mass is 530 g/mol. The second-order valence-electron chi connectivity index (χ2n) is 10.2. The van der Waals surface area contributed by atoms with Crippen LogP contribution in [0.1, 0.15) is 39.7 Å². The van der Waals surface area contributed by atoms with Gasteiger partial charge >= 0.3 is 0 Å². The van der Waals surface area contributed by atoms with Crippen LogP contribution in [0.4, 0.5) is 0 Å². The molecule has 8 heteroatoms. The molecule has 1 fully saturated rings. The number of hydrogen-bond acceptors (Lipinski definition) is 6. The van der Waals surface area contributed by atoms with Crippen molar-refractivity contribution in [2.45, 2.75) is 46.3 Å². The third-order valence-corrected chi connectivity index (χ3v) is 7.49. The zero-order chi connectivity index (χ0) is 26.6. The van der Waals surface area contributed by atoms with Gasteiger partial charge in [-0.15, -0.1) is 0 Å². The summed E-state index contributed by atoms with van der Waals surface area (Å²) in [4.78, 5) is 20.1. The molecular formula is C30H34N4O3S. The van der Waals surface area contributed by atoms with Crippen molar-refractivity contribution >= 4 is 28.9 Å². The summed E-state index contributed by atoms with van der Waals surface area (Å²) < 4.78 is 13.6. The molecule has 7 nitrogen and oxygen atoms in total. The predicted molar refractivity (Wildman–Crippen MR) is 154 cm³/mol. The highest BCUT2D eigenvalue weighted by Crippen LogP contribution is 2.34. The second-order valence-corrected chi connectivity index (χ2v) is 11.3. The number of para-hydroxylation sites is 1. The van der Waals surface area contributed by atoms with Gasteiger partial charge in [-0.25, -0.2) is 4.68 Å². The van der Waals surface area contributed by atoms with E-state index in [1.165, 1.54) is 11.8 Å². The molecule has 2 atom stereocenters. The Morgan fingerprint density at radius 3 is 2.47 bits per heavy atom. The van der Waals surface area contributed by atoms with E-state index in [2.05, 4.69) is 23.7 Å². The standard InChI is InChI=1S/C30H34N4O3S/c1-20(2)14-15-36-26-12-10-23(11-13-26)28-24(19-34(32-28)25-8-6-5-7-9-25)16-27-29(35)31-30(38-27)33-17-21(3)37-22(4)18-33/h5-13,16,19-22H,14-15,17-18H2,1-4H3. The van der Waals surface area contributed by atoms with E-state index >= 15 is 0 Å². The zero-order valence-electron chi connectivity index (χ0n) is 22.3. The van der Waals surface area contributed by atoms with Gasteiger partial charge in [0.05, 0.1) is 35.1 Å². The Morgan fingerprint density at radius 1 is 1.08 bits per heavy atom. The van der Waals surface area contributed by atoms with Crippen LogP contribution in [0.15, 0.2) is 70.7 Å². The number of carbonyl (C=O) groups is 1. The third-order valence-electron chi connectivity index (χ3n) is 6.44. The molecule has 1 saturated heterocycles. The Morgan fingerprint density at radius 2 is 1.79 bits per heavy atom. The van der Waals surface area contributed by atoms with Gasteiger partial charge in [-0.1, -0.05) is 32.0 Å². The van der Waals surface area contributed by atoms with Crippen LogP contribution in [0.25, 0.3) is 23.0 Å². The molecule has 0 spiro atoms. The molecular weight excluding hydrogens is 496 g/mol. The maximum Gasteiger partial charge on any atom is 0.286 e. The number of aromatic nitrogens is 2. The number of carbonyl (C=O) groups excluding carboxylic acids is 1. The number of rotatable bonds is 7. The highest BCUT2D eigenvalue weighted by atomic mass is 32.2. The van der Waals surface area contributed by atoms with E-state index in [-0.39, 0.29) is 18.1 Å². The first-order valence-electron chi connectivity index (χ1n) is 13.2. The average molecular weight is 531 g/mol. The van der Waals surface area contributed by atoms with E-state index in [0.29, 0.717) is 17.4 Å². The fourth-order valence-corrected chi connectivity index (χ4v) is 5.48. The van der Waals surface area contributed by atoms with Crippen molar-refractivity contribution in [3.8, 4) is 22.7 Å². The van der Waals surface area contributed by atoms with Crippen molar-refractivity contribution < 1.29 is 14.3 Å². The number of nitrogens with zero attached hydrogens (tertiary/aromatic N) is 4. The number of amides is 1. The number of morpholine rings is 1. The third kappa shape index (κ3) is 6.19. The Labute approximate surface area is 228 Å². The first kappa shape index (κ1) is 26.3. The molecule has 2 aliphatic rings. The van der Waals surface area contributed by atoms with E-state index in [1.54, 1.807) is 0 Å². The summed E-state index contributed by atoms with van der Waals surface area (Å²) in [7, 11) is 0. The first-order valence-corrected chi connectivity index (χ1v) is 14.0. The van der Waals surface area contributed by atoms with E-state index in [4.69, 9.17) is 14.6 Å². The van der Waals surface area contributed by atoms with E-state index in [9.17, 15) is 4.79 Å². The maximum atomic E-state index is 12.9. The summed E-state index contributed by atoms with van der Waals surface area (Å²) in [5.41, 5.74) is 3.56. The number of benzene rings is 2. The molecule has 0 N–H and O–H groups in total. The fraction of sp³-hybridized carbons (Fsp3) is 0.367. The molecule has 198 valence electrons. The van der Waals surface area contributed by atoms with Crippen LogP contribution in [0.2, 0.25) is 0 Å². The van der Waals surface area contributed by atoms with Crippen LogP contribution >= 0.6 is 11.8 Å². The van der Waals surface area contributed by atoms with Crippen molar-refractivity contribution in [3.63, 3.8) is 0 Å². The van der Waals surface area contributed by atoms with Gasteiger partial charge in [-0.05, 0) is 80.4 Å². The molecule has 3 heterocycles. The lowest BCUT2D eigenvalue weighted by Crippen LogP contribution is -2.47. The fourth-order valence-electron chi connectivity index (χ4n) is 4.56. The summed E-state index contributed by atoms with van der Waals surface area (Å²) in [6.07, 6.45) is 5.08. The van der Waals surface area contributed by atoms with Crippen molar-refractivity contribution in [1.29, 1.82) is 0 Å². The number of hydrogen-bond donors (Lipinski definition) is 0. The molecule has 2 unspecified atom stereocenters. The smallest absolute Gasteiger partial charge is 0.286 e.